The van der Waals surface area contributed by atoms with E-state index in [4.69, 9.17) is 5.11 Å². The van der Waals surface area contributed by atoms with E-state index in [-0.39, 0.29) is 11.4 Å². The molecule has 10 heavy (non-hydrogen) atoms. The lowest BCUT2D eigenvalue weighted by Gasteiger charge is -1.91. The first kappa shape index (κ1) is 7.01. The summed E-state index contributed by atoms with van der Waals surface area (Å²) in [6.07, 6.45) is 2.84. The van der Waals surface area contributed by atoms with Crippen LogP contribution in [-0.2, 0) is 11.3 Å². The molecule has 1 heterocycles. The van der Waals surface area contributed by atoms with Gasteiger partial charge in [0.05, 0.1) is 0 Å². The monoisotopic (exact) mass is 159 g/mol. The van der Waals surface area contributed by atoms with Gasteiger partial charge in [-0.25, -0.2) is 0 Å². The summed E-state index contributed by atoms with van der Waals surface area (Å²) < 4.78 is 6.01. The summed E-state index contributed by atoms with van der Waals surface area (Å²) in [6.45, 7) is -0.144. The molecule has 0 aliphatic carbocycles. The van der Waals surface area contributed by atoms with E-state index in [0.29, 0.717) is 0 Å². The number of nitrogens with zero attached hydrogens (tertiary/aromatic N) is 1. The third-order valence-electron chi connectivity index (χ3n) is 0.950. The lowest BCUT2D eigenvalue weighted by Crippen LogP contribution is -2.06. The van der Waals surface area contributed by atoms with Crippen LogP contribution in [0.2, 0.25) is 0 Å². The highest BCUT2D eigenvalue weighted by atomic mass is 32.1. The van der Waals surface area contributed by atoms with Crippen LogP contribution in [0.3, 0.4) is 0 Å². The zero-order valence-electron chi connectivity index (χ0n) is 4.98. The topological polar surface area (TPSA) is 55.4 Å². The molecule has 0 aromatic carbocycles. The number of aromatic nitrogens is 1. The molecule has 5 heteroatoms. The Balaban J connectivity index is 2.85. The van der Waals surface area contributed by atoms with Gasteiger partial charge < -0.3 is 9.52 Å². The molecule has 0 saturated heterocycles. The number of carboxylic acid groups (broad SMARTS) is 1. The first-order valence-electron chi connectivity index (χ1n) is 2.56. The molecule has 0 fully saturated rings. The van der Waals surface area contributed by atoms with Crippen molar-refractivity contribution < 1.29 is 14.3 Å². The molecule has 0 aliphatic rings. The van der Waals surface area contributed by atoms with Gasteiger partial charge in [0.25, 0.3) is 4.84 Å². The fourth-order valence-electron chi connectivity index (χ4n) is 0.554. The largest absolute Gasteiger partial charge is 0.480 e. The van der Waals surface area contributed by atoms with E-state index in [1.807, 2.05) is 0 Å². The van der Waals surface area contributed by atoms with Crippen molar-refractivity contribution in [2.24, 2.45) is 0 Å². The summed E-state index contributed by atoms with van der Waals surface area (Å²) in [6, 6.07) is 0. The molecule has 4 nitrogen and oxygen atoms in total. The maximum absolute atomic E-state index is 10.1. The fraction of sp³-hybridized carbons (Fsp3) is 0.200. The van der Waals surface area contributed by atoms with Crippen molar-refractivity contribution in [3.63, 3.8) is 0 Å². The molecule has 0 radical (unpaired) electrons. The molecular formula is C5H5NO3S. The van der Waals surface area contributed by atoms with Crippen LogP contribution < -0.4 is 0 Å². The van der Waals surface area contributed by atoms with Crippen LogP contribution in [0.1, 0.15) is 0 Å². The molecular weight excluding hydrogens is 154 g/mol. The van der Waals surface area contributed by atoms with Crippen molar-refractivity contribution in [3.8, 4) is 0 Å². The van der Waals surface area contributed by atoms with E-state index in [1.165, 1.54) is 17.0 Å². The quantitative estimate of drug-likeness (QED) is 0.651. The van der Waals surface area contributed by atoms with Gasteiger partial charge in [-0.3, -0.25) is 9.36 Å². The number of aliphatic carboxylic acids is 1. The van der Waals surface area contributed by atoms with Crippen LogP contribution in [0.5, 0.6) is 0 Å². The van der Waals surface area contributed by atoms with Crippen molar-refractivity contribution in [2.75, 3.05) is 0 Å². The third-order valence-corrected chi connectivity index (χ3v) is 1.28. The standard InChI is InChI=1S/C5H5NO3S/c7-4(8)3-6-1-2-9-5(6)10/h1-2H,3H2,(H,7,8). The average Bonchev–Trinajstić information content (AvgIpc) is 2.15. The predicted octanol–water partition coefficient (Wildman–Crippen LogP) is 0.895. The van der Waals surface area contributed by atoms with Gasteiger partial charge in [0, 0.05) is 6.20 Å². The molecule has 0 unspecified atom stereocenters. The molecule has 0 amide bonds. The van der Waals surface area contributed by atoms with Gasteiger partial charge in [-0.2, -0.15) is 0 Å². The Morgan fingerprint density at radius 2 is 2.60 bits per heavy atom. The van der Waals surface area contributed by atoms with Gasteiger partial charge >= 0.3 is 5.97 Å². The summed E-state index contributed by atoms with van der Waals surface area (Å²) in [5.41, 5.74) is 0. The molecule has 1 aromatic heterocycles. The van der Waals surface area contributed by atoms with Crippen LogP contribution in [0.25, 0.3) is 0 Å². The minimum Gasteiger partial charge on any atom is -0.480 e. The highest BCUT2D eigenvalue weighted by molar-refractivity contribution is 7.71. The first-order valence-corrected chi connectivity index (χ1v) is 2.96. The number of hydrogen-bond donors (Lipinski definition) is 1. The highest BCUT2D eigenvalue weighted by Crippen LogP contribution is 1.93. The number of carboxylic acids is 1. The van der Waals surface area contributed by atoms with Crippen molar-refractivity contribution in [3.05, 3.63) is 17.3 Å². The molecule has 0 saturated carbocycles. The van der Waals surface area contributed by atoms with Crippen LogP contribution in [0.4, 0.5) is 0 Å². The second kappa shape index (κ2) is 2.66. The zero-order valence-corrected chi connectivity index (χ0v) is 5.80. The van der Waals surface area contributed by atoms with Crippen molar-refractivity contribution in [1.29, 1.82) is 0 Å². The average molecular weight is 159 g/mol. The van der Waals surface area contributed by atoms with Crippen LogP contribution in [0, 0.1) is 4.84 Å². The maximum Gasteiger partial charge on any atom is 0.323 e. The molecule has 0 spiro atoms. The molecule has 54 valence electrons. The van der Waals surface area contributed by atoms with Gasteiger partial charge in [0.2, 0.25) is 0 Å². The Labute approximate surface area is 61.7 Å². The summed E-state index contributed by atoms with van der Waals surface area (Å²) >= 11 is 4.64. The summed E-state index contributed by atoms with van der Waals surface area (Å²) in [5.74, 6) is -0.933. The van der Waals surface area contributed by atoms with Gasteiger partial charge in [-0.05, 0) is 12.2 Å². The third kappa shape index (κ3) is 1.44. The summed E-state index contributed by atoms with van der Waals surface area (Å²) in [4.78, 5) is 10.3. The highest BCUT2D eigenvalue weighted by Gasteiger charge is 1.99. The Morgan fingerprint density at radius 3 is 3.00 bits per heavy atom. The van der Waals surface area contributed by atoms with Crippen molar-refractivity contribution >= 4 is 18.2 Å². The summed E-state index contributed by atoms with van der Waals surface area (Å²) in [7, 11) is 0. The van der Waals surface area contributed by atoms with Crippen LogP contribution >= 0.6 is 12.2 Å². The minimum absolute atomic E-state index is 0.144. The number of hydrogen-bond acceptors (Lipinski definition) is 3. The lowest BCUT2D eigenvalue weighted by atomic mass is 10.6. The summed E-state index contributed by atoms with van der Waals surface area (Å²) in [5, 5.41) is 8.30. The normalized spacial score (nSPS) is 9.60. The van der Waals surface area contributed by atoms with Crippen LogP contribution in [0.15, 0.2) is 16.9 Å². The molecule has 0 bridgehead atoms. The molecule has 0 aliphatic heterocycles. The van der Waals surface area contributed by atoms with E-state index in [9.17, 15) is 4.79 Å². The maximum atomic E-state index is 10.1. The molecule has 1 aromatic rings. The first-order chi connectivity index (χ1) is 4.70. The number of carbonyl (C=O) groups is 1. The predicted molar refractivity (Wildman–Crippen MR) is 35.2 cm³/mol. The lowest BCUT2D eigenvalue weighted by molar-refractivity contribution is -0.137. The number of oxazole rings is 1. The Morgan fingerprint density at radius 1 is 1.90 bits per heavy atom. The SMILES string of the molecule is O=C(O)Cn1ccoc1=S. The van der Waals surface area contributed by atoms with Crippen molar-refractivity contribution in [2.45, 2.75) is 6.54 Å². The number of rotatable bonds is 2. The minimum atomic E-state index is -0.933. The van der Waals surface area contributed by atoms with Gasteiger partial charge in [-0.1, -0.05) is 0 Å². The molecule has 1 N–H and O–H groups in total. The van der Waals surface area contributed by atoms with E-state index >= 15 is 0 Å². The Bertz CT molecular complexity index is 287. The second-order valence-corrected chi connectivity index (χ2v) is 2.04. The van der Waals surface area contributed by atoms with E-state index < -0.39 is 5.97 Å². The van der Waals surface area contributed by atoms with Gasteiger partial charge in [0.1, 0.15) is 12.8 Å². The van der Waals surface area contributed by atoms with Gasteiger partial charge in [0.15, 0.2) is 0 Å². The van der Waals surface area contributed by atoms with Crippen LogP contribution in [-0.4, -0.2) is 15.6 Å². The Kier molecular flexibility index (Phi) is 1.86. The van der Waals surface area contributed by atoms with E-state index in [0.717, 1.165) is 0 Å². The Hall–Kier alpha value is -1.10. The van der Waals surface area contributed by atoms with Gasteiger partial charge in [-0.15, -0.1) is 0 Å². The van der Waals surface area contributed by atoms with E-state index in [2.05, 4.69) is 16.6 Å². The smallest absolute Gasteiger partial charge is 0.323 e. The second-order valence-electron chi connectivity index (χ2n) is 1.69. The molecule has 1 rings (SSSR count). The molecule has 0 atom stereocenters. The van der Waals surface area contributed by atoms with E-state index in [1.54, 1.807) is 0 Å². The van der Waals surface area contributed by atoms with Crippen molar-refractivity contribution in [1.82, 2.24) is 4.57 Å². The fourth-order valence-corrected chi connectivity index (χ4v) is 0.735. The zero-order chi connectivity index (χ0) is 7.56.